The first-order valence-electron chi connectivity index (χ1n) is 5.11. The fourth-order valence-electron chi connectivity index (χ4n) is 1.49. The Labute approximate surface area is 105 Å². The molecular formula is C11H15NO5S. The van der Waals surface area contributed by atoms with Crippen molar-refractivity contribution in [3.63, 3.8) is 0 Å². The van der Waals surface area contributed by atoms with Gasteiger partial charge in [-0.2, -0.15) is 0 Å². The number of carbonyl (C=O) groups is 1. The van der Waals surface area contributed by atoms with Crippen molar-refractivity contribution in [1.82, 2.24) is 0 Å². The first-order chi connectivity index (χ1) is 8.25. The summed E-state index contributed by atoms with van der Waals surface area (Å²) < 4.78 is 27.9. The van der Waals surface area contributed by atoms with Crippen LogP contribution in [0.5, 0.6) is 5.75 Å². The van der Waals surface area contributed by atoms with E-state index in [0.717, 1.165) is 6.26 Å². The van der Waals surface area contributed by atoms with Gasteiger partial charge in [-0.3, -0.25) is 4.79 Å². The highest BCUT2D eigenvalue weighted by atomic mass is 32.2. The first kappa shape index (κ1) is 14.5. The van der Waals surface area contributed by atoms with Crippen molar-refractivity contribution in [2.45, 2.75) is 17.4 Å². The standard InChI is InChI=1S/C11H15NO5S/c1-17-9-6-7(5-8(12)11(13)14)3-4-10(9)18(2,15)16/h3-4,6,8H,5,12H2,1-2H3,(H,13,14). The molecule has 18 heavy (non-hydrogen) atoms. The van der Waals surface area contributed by atoms with Gasteiger partial charge in [-0.15, -0.1) is 0 Å². The van der Waals surface area contributed by atoms with Crippen LogP contribution in [-0.2, 0) is 21.1 Å². The van der Waals surface area contributed by atoms with Crippen molar-refractivity contribution in [2.24, 2.45) is 5.73 Å². The molecule has 0 aliphatic rings. The fraction of sp³-hybridized carbons (Fsp3) is 0.364. The van der Waals surface area contributed by atoms with Crippen molar-refractivity contribution in [1.29, 1.82) is 0 Å². The number of sulfone groups is 1. The van der Waals surface area contributed by atoms with E-state index in [9.17, 15) is 13.2 Å². The predicted octanol–water partition coefficient (Wildman–Crippen LogP) is 0.0531. The Morgan fingerprint density at radius 1 is 1.50 bits per heavy atom. The molecule has 0 amide bonds. The van der Waals surface area contributed by atoms with Gasteiger partial charge in [-0.25, -0.2) is 8.42 Å². The van der Waals surface area contributed by atoms with E-state index in [1.165, 1.54) is 25.3 Å². The number of ether oxygens (including phenoxy) is 1. The van der Waals surface area contributed by atoms with Gasteiger partial charge < -0.3 is 15.6 Å². The Bertz CT molecular complexity index is 553. The summed E-state index contributed by atoms with van der Waals surface area (Å²) in [6.45, 7) is 0. The summed E-state index contributed by atoms with van der Waals surface area (Å²) in [6, 6.07) is 3.37. The molecule has 0 bridgehead atoms. The second-order valence-corrected chi connectivity index (χ2v) is 5.89. The van der Waals surface area contributed by atoms with Gasteiger partial charge in [0.15, 0.2) is 9.84 Å². The summed E-state index contributed by atoms with van der Waals surface area (Å²) in [5.41, 5.74) is 6.01. The van der Waals surface area contributed by atoms with Crippen LogP contribution in [0.1, 0.15) is 5.56 Å². The van der Waals surface area contributed by atoms with Crippen LogP contribution in [0.15, 0.2) is 23.1 Å². The van der Waals surface area contributed by atoms with Gasteiger partial charge in [-0.1, -0.05) is 6.07 Å². The Balaban J connectivity index is 3.10. The zero-order valence-electron chi connectivity index (χ0n) is 10.1. The normalized spacial score (nSPS) is 13.1. The lowest BCUT2D eigenvalue weighted by Crippen LogP contribution is -2.32. The lowest BCUT2D eigenvalue weighted by Gasteiger charge is -2.11. The zero-order valence-corrected chi connectivity index (χ0v) is 10.9. The third kappa shape index (κ3) is 3.44. The summed E-state index contributed by atoms with van der Waals surface area (Å²) in [7, 11) is -2.03. The maximum atomic E-state index is 11.5. The van der Waals surface area contributed by atoms with Crippen LogP contribution in [0.3, 0.4) is 0 Å². The molecule has 0 saturated carbocycles. The molecule has 1 aromatic rings. The maximum absolute atomic E-state index is 11.5. The molecule has 0 spiro atoms. The highest BCUT2D eigenvalue weighted by molar-refractivity contribution is 7.90. The quantitative estimate of drug-likeness (QED) is 0.785. The Hall–Kier alpha value is -1.60. The maximum Gasteiger partial charge on any atom is 0.320 e. The topological polar surface area (TPSA) is 107 Å². The van der Waals surface area contributed by atoms with Crippen molar-refractivity contribution in [3.8, 4) is 5.75 Å². The van der Waals surface area contributed by atoms with Crippen molar-refractivity contribution < 1.29 is 23.1 Å². The van der Waals surface area contributed by atoms with Crippen molar-refractivity contribution in [2.75, 3.05) is 13.4 Å². The highest BCUT2D eigenvalue weighted by Crippen LogP contribution is 2.25. The fourth-order valence-corrected chi connectivity index (χ4v) is 2.31. The largest absolute Gasteiger partial charge is 0.495 e. The average molecular weight is 273 g/mol. The lowest BCUT2D eigenvalue weighted by atomic mass is 10.1. The molecule has 0 radical (unpaired) electrons. The second kappa shape index (κ2) is 5.36. The molecule has 0 fully saturated rings. The Morgan fingerprint density at radius 3 is 2.56 bits per heavy atom. The predicted molar refractivity (Wildman–Crippen MR) is 65.4 cm³/mol. The van der Waals surface area contributed by atoms with E-state index >= 15 is 0 Å². The summed E-state index contributed by atoms with van der Waals surface area (Å²) in [4.78, 5) is 10.7. The van der Waals surface area contributed by atoms with E-state index in [4.69, 9.17) is 15.6 Å². The first-order valence-corrected chi connectivity index (χ1v) is 7.00. The number of aliphatic carboxylic acids is 1. The zero-order chi connectivity index (χ0) is 13.9. The third-order valence-corrected chi connectivity index (χ3v) is 3.54. The van der Waals surface area contributed by atoms with Gasteiger partial charge in [-0.05, 0) is 24.1 Å². The summed E-state index contributed by atoms with van der Waals surface area (Å²) in [5, 5.41) is 8.70. The van der Waals surface area contributed by atoms with Crippen LogP contribution in [0.2, 0.25) is 0 Å². The monoisotopic (exact) mass is 273 g/mol. The molecule has 3 N–H and O–H groups in total. The molecule has 0 aromatic heterocycles. The number of carboxylic acids is 1. The van der Waals surface area contributed by atoms with Crippen LogP contribution in [0, 0.1) is 0 Å². The summed E-state index contributed by atoms with van der Waals surface area (Å²) in [6.07, 6.45) is 1.18. The molecule has 1 rings (SSSR count). The van der Waals surface area contributed by atoms with E-state index in [2.05, 4.69) is 0 Å². The minimum absolute atomic E-state index is 0.0673. The number of benzene rings is 1. The van der Waals surface area contributed by atoms with Crippen molar-refractivity contribution >= 4 is 15.8 Å². The molecule has 6 nitrogen and oxygen atoms in total. The van der Waals surface area contributed by atoms with Crippen LogP contribution >= 0.6 is 0 Å². The molecule has 100 valence electrons. The van der Waals surface area contributed by atoms with Gasteiger partial charge >= 0.3 is 5.97 Å². The number of carboxylic acid groups (broad SMARTS) is 1. The van der Waals surface area contributed by atoms with E-state index < -0.39 is 21.8 Å². The van der Waals surface area contributed by atoms with Gasteiger partial charge in [0.2, 0.25) is 0 Å². The van der Waals surface area contributed by atoms with Gasteiger partial charge in [0, 0.05) is 6.26 Å². The molecular weight excluding hydrogens is 258 g/mol. The van der Waals surface area contributed by atoms with E-state index in [1.54, 1.807) is 0 Å². The molecule has 0 aliphatic heterocycles. The second-order valence-electron chi connectivity index (χ2n) is 3.91. The molecule has 0 aliphatic carbocycles. The van der Waals surface area contributed by atoms with E-state index in [1.807, 2.05) is 0 Å². The number of hydrogen-bond donors (Lipinski definition) is 2. The van der Waals surface area contributed by atoms with Crippen LogP contribution in [0.4, 0.5) is 0 Å². The SMILES string of the molecule is COc1cc(CC(N)C(=O)O)ccc1S(C)(=O)=O. The highest BCUT2D eigenvalue weighted by Gasteiger charge is 2.17. The van der Waals surface area contributed by atoms with Crippen LogP contribution < -0.4 is 10.5 Å². The Kier molecular flexibility index (Phi) is 4.31. The van der Waals surface area contributed by atoms with Gasteiger partial charge in [0.25, 0.3) is 0 Å². The lowest BCUT2D eigenvalue weighted by molar-refractivity contribution is -0.138. The Morgan fingerprint density at radius 2 is 2.11 bits per heavy atom. The van der Waals surface area contributed by atoms with Crippen LogP contribution in [0.25, 0.3) is 0 Å². The number of nitrogens with two attached hydrogens (primary N) is 1. The molecule has 7 heteroatoms. The van der Waals surface area contributed by atoms with Crippen molar-refractivity contribution in [3.05, 3.63) is 23.8 Å². The molecule has 1 atom stereocenters. The van der Waals surface area contributed by atoms with Crippen LogP contribution in [-0.4, -0.2) is 38.9 Å². The number of hydrogen-bond acceptors (Lipinski definition) is 5. The molecule has 0 saturated heterocycles. The summed E-state index contributed by atoms with van der Waals surface area (Å²) in [5.74, 6) is -0.922. The third-order valence-electron chi connectivity index (χ3n) is 2.40. The molecule has 1 unspecified atom stereocenters. The van der Waals surface area contributed by atoms with Gasteiger partial charge in [0.1, 0.15) is 16.7 Å². The molecule has 0 heterocycles. The number of methoxy groups -OCH3 is 1. The van der Waals surface area contributed by atoms with E-state index in [0.29, 0.717) is 5.56 Å². The number of rotatable bonds is 5. The van der Waals surface area contributed by atoms with Gasteiger partial charge in [0.05, 0.1) is 7.11 Å². The smallest absolute Gasteiger partial charge is 0.320 e. The minimum Gasteiger partial charge on any atom is -0.495 e. The molecule has 1 aromatic carbocycles. The minimum atomic E-state index is -3.38. The van der Waals surface area contributed by atoms with E-state index in [-0.39, 0.29) is 17.1 Å². The summed E-state index contributed by atoms with van der Waals surface area (Å²) >= 11 is 0. The average Bonchev–Trinajstić information content (AvgIpc) is 2.27.